The highest BCUT2D eigenvalue weighted by Gasteiger charge is 2.37. The van der Waals surface area contributed by atoms with Crippen LogP contribution in [0.15, 0.2) is 46.0 Å². The van der Waals surface area contributed by atoms with Gasteiger partial charge >= 0.3 is 0 Å². The highest BCUT2D eigenvalue weighted by atomic mass is 32.2. The number of aliphatic hydroxyl groups is 2. The third kappa shape index (κ3) is 4.42. The van der Waals surface area contributed by atoms with Crippen LogP contribution in [-0.2, 0) is 15.6 Å². The number of nitrogens with zero attached hydrogens (tertiary/aromatic N) is 3. The molecule has 164 valence electrons. The van der Waals surface area contributed by atoms with E-state index in [4.69, 9.17) is 0 Å². The average molecular weight is 452 g/mol. The number of rotatable bonds is 6. The van der Waals surface area contributed by atoms with E-state index in [1.807, 2.05) is 24.3 Å². The van der Waals surface area contributed by atoms with Gasteiger partial charge in [0.25, 0.3) is 10.0 Å². The van der Waals surface area contributed by atoms with E-state index in [2.05, 4.69) is 9.80 Å². The number of anilines is 1. The first-order valence-electron chi connectivity index (χ1n) is 10.2. The van der Waals surface area contributed by atoms with Gasteiger partial charge in [-0.05, 0) is 43.0 Å². The maximum Gasteiger partial charge on any atom is 0.252 e. The topological polar surface area (TPSA) is 84.3 Å². The molecule has 0 amide bonds. The molecule has 4 rings (SSSR count). The summed E-state index contributed by atoms with van der Waals surface area (Å²) in [4.78, 5) is 4.41. The van der Waals surface area contributed by atoms with E-state index < -0.39 is 15.6 Å². The maximum absolute atomic E-state index is 13.0. The Morgan fingerprint density at radius 2 is 1.80 bits per heavy atom. The van der Waals surface area contributed by atoms with Crippen molar-refractivity contribution in [1.29, 1.82) is 0 Å². The zero-order valence-corrected chi connectivity index (χ0v) is 18.9. The summed E-state index contributed by atoms with van der Waals surface area (Å²) in [5, 5.41) is 21.7. The molecule has 30 heavy (non-hydrogen) atoms. The van der Waals surface area contributed by atoms with Crippen molar-refractivity contribution >= 4 is 27.0 Å². The molecule has 2 fully saturated rings. The van der Waals surface area contributed by atoms with Crippen LogP contribution in [0.25, 0.3) is 0 Å². The van der Waals surface area contributed by atoms with Crippen molar-refractivity contribution in [3.8, 4) is 0 Å². The summed E-state index contributed by atoms with van der Waals surface area (Å²) < 4.78 is 28.1. The van der Waals surface area contributed by atoms with Gasteiger partial charge in [0, 0.05) is 45.0 Å². The van der Waals surface area contributed by atoms with Gasteiger partial charge < -0.3 is 15.1 Å². The zero-order chi connectivity index (χ0) is 21.5. The molecular formula is C21H29N3O4S2. The average Bonchev–Trinajstić information content (AvgIpc) is 3.22. The smallest absolute Gasteiger partial charge is 0.252 e. The van der Waals surface area contributed by atoms with Crippen molar-refractivity contribution in [2.75, 3.05) is 44.2 Å². The number of hydrogen-bond donors (Lipinski definition) is 2. The van der Waals surface area contributed by atoms with Crippen LogP contribution in [0.4, 0.5) is 5.69 Å². The fourth-order valence-corrected chi connectivity index (χ4v) is 6.74. The van der Waals surface area contributed by atoms with Crippen LogP contribution in [0, 0.1) is 0 Å². The number of β-amino-alcohol motifs (C(OH)–C–C–N with tert-alkyl or cyclic N) is 1. The Morgan fingerprint density at radius 3 is 2.37 bits per heavy atom. The van der Waals surface area contributed by atoms with Gasteiger partial charge in [-0.2, -0.15) is 4.31 Å². The molecule has 2 N–H and O–H groups in total. The van der Waals surface area contributed by atoms with Crippen LogP contribution in [0.3, 0.4) is 0 Å². The number of aliphatic hydroxyl groups excluding tert-OH is 1. The summed E-state index contributed by atoms with van der Waals surface area (Å²) in [6.07, 6.45) is -0.293. The molecule has 2 aliphatic heterocycles. The molecular weight excluding hydrogens is 422 g/mol. The molecule has 2 aromatic rings. The second kappa shape index (κ2) is 8.22. The Bertz CT molecular complexity index is 949. The van der Waals surface area contributed by atoms with Crippen molar-refractivity contribution < 1.29 is 18.6 Å². The number of sulfonamides is 1. The molecule has 0 spiro atoms. The largest absolute Gasteiger partial charge is 0.390 e. The molecule has 1 atom stereocenters. The van der Waals surface area contributed by atoms with Gasteiger partial charge in [0.1, 0.15) is 4.21 Å². The third-order valence-electron chi connectivity index (χ3n) is 5.85. The summed E-state index contributed by atoms with van der Waals surface area (Å²) in [5.74, 6) is 0. The van der Waals surface area contributed by atoms with E-state index in [1.165, 1.54) is 11.3 Å². The Kier molecular flexibility index (Phi) is 5.95. The first-order chi connectivity index (χ1) is 14.1. The van der Waals surface area contributed by atoms with Crippen molar-refractivity contribution in [2.24, 2.45) is 0 Å². The fourth-order valence-electron chi connectivity index (χ4n) is 4.13. The number of thiophene rings is 1. The van der Waals surface area contributed by atoms with E-state index in [0.29, 0.717) is 43.5 Å². The standard InChI is InChI=1S/C21H29N3O4S2/c1-21(2,26)16-5-7-17(8-6-16)24-10-9-23(30(27,28)20-4-3-11-29-20)13-18(24)12-22-14-19(25)15-22/h3-8,11,18-19,25-26H,9-10,12-15H2,1-2H3/t18-/m0/s1. The number of hydrogen-bond acceptors (Lipinski definition) is 7. The van der Waals surface area contributed by atoms with Crippen molar-refractivity contribution in [1.82, 2.24) is 9.21 Å². The van der Waals surface area contributed by atoms with Crippen molar-refractivity contribution in [2.45, 2.75) is 35.8 Å². The van der Waals surface area contributed by atoms with Crippen LogP contribution in [0.2, 0.25) is 0 Å². The van der Waals surface area contributed by atoms with Gasteiger partial charge in [0.2, 0.25) is 0 Å². The molecule has 7 nitrogen and oxygen atoms in total. The number of likely N-dealkylation sites (tertiary alicyclic amines) is 1. The van der Waals surface area contributed by atoms with Gasteiger partial charge in [-0.1, -0.05) is 18.2 Å². The van der Waals surface area contributed by atoms with Crippen LogP contribution in [0.5, 0.6) is 0 Å². The number of benzene rings is 1. The lowest BCUT2D eigenvalue weighted by molar-refractivity contribution is -0.00304. The molecule has 0 bridgehead atoms. The predicted octanol–water partition coefficient (Wildman–Crippen LogP) is 1.53. The maximum atomic E-state index is 13.0. The second-order valence-corrected chi connectivity index (χ2v) is 11.7. The normalized spacial score (nSPS) is 22.3. The Hall–Kier alpha value is -1.49. The lowest BCUT2D eigenvalue weighted by Gasteiger charge is -2.46. The SMILES string of the molecule is CC(C)(O)c1ccc(N2CCN(S(=O)(=O)c3cccs3)C[C@@H]2CN2CC(O)C2)cc1. The van der Waals surface area contributed by atoms with Crippen LogP contribution < -0.4 is 4.90 Å². The molecule has 0 unspecified atom stereocenters. The first-order valence-corrected chi connectivity index (χ1v) is 12.5. The van der Waals surface area contributed by atoms with E-state index in [9.17, 15) is 18.6 Å². The van der Waals surface area contributed by atoms with Crippen LogP contribution >= 0.6 is 11.3 Å². The molecule has 1 aromatic carbocycles. The minimum atomic E-state index is -3.49. The molecule has 0 saturated carbocycles. The molecule has 2 saturated heterocycles. The molecule has 2 aliphatic rings. The van der Waals surface area contributed by atoms with E-state index >= 15 is 0 Å². The lowest BCUT2D eigenvalue weighted by Crippen LogP contribution is -2.62. The first kappa shape index (κ1) is 21.7. The van der Waals surface area contributed by atoms with Gasteiger partial charge in [0.05, 0.1) is 17.7 Å². The lowest BCUT2D eigenvalue weighted by atomic mass is 9.98. The zero-order valence-electron chi connectivity index (χ0n) is 17.3. The fraction of sp³-hybridized carbons (Fsp3) is 0.524. The minimum Gasteiger partial charge on any atom is -0.390 e. The number of piperazine rings is 1. The van der Waals surface area contributed by atoms with Gasteiger partial charge in [-0.25, -0.2) is 8.42 Å². The molecule has 0 radical (unpaired) electrons. The van der Waals surface area contributed by atoms with Crippen LogP contribution in [-0.4, -0.2) is 79.3 Å². The summed E-state index contributed by atoms with van der Waals surface area (Å²) >= 11 is 1.25. The molecule has 0 aliphatic carbocycles. The summed E-state index contributed by atoms with van der Waals surface area (Å²) in [5.41, 5.74) is 0.953. The van der Waals surface area contributed by atoms with Crippen LogP contribution in [0.1, 0.15) is 19.4 Å². The Morgan fingerprint density at radius 1 is 1.10 bits per heavy atom. The van der Waals surface area contributed by atoms with Gasteiger partial charge in [-0.3, -0.25) is 4.90 Å². The Labute approximate surface area is 182 Å². The molecule has 9 heteroatoms. The molecule has 1 aromatic heterocycles. The van der Waals surface area contributed by atoms with E-state index in [-0.39, 0.29) is 12.1 Å². The highest BCUT2D eigenvalue weighted by molar-refractivity contribution is 7.91. The highest BCUT2D eigenvalue weighted by Crippen LogP contribution is 2.29. The predicted molar refractivity (Wildman–Crippen MR) is 118 cm³/mol. The van der Waals surface area contributed by atoms with E-state index in [1.54, 1.807) is 35.7 Å². The van der Waals surface area contributed by atoms with Gasteiger partial charge in [-0.15, -0.1) is 11.3 Å². The summed E-state index contributed by atoms with van der Waals surface area (Å²) in [6.45, 7) is 6.88. The third-order valence-corrected chi connectivity index (χ3v) is 9.09. The molecule has 3 heterocycles. The summed E-state index contributed by atoms with van der Waals surface area (Å²) in [6, 6.07) is 11.2. The minimum absolute atomic E-state index is 0.0195. The van der Waals surface area contributed by atoms with E-state index in [0.717, 1.165) is 11.3 Å². The summed E-state index contributed by atoms with van der Waals surface area (Å²) in [7, 11) is -3.49. The quantitative estimate of drug-likeness (QED) is 0.693. The second-order valence-electron chi connectivity index (χ2n) is 8.62. The Balaban J connectivity index is 1.56. The van der Waals surface area contributed by atoms with Crippen molar-refractivity contribution in [3.05, 3.63) is 47.3 Å². The monoisotopic (exact) mass is 451 g/mol. The van der Waals surface area contributed by atoms with Crippen molar-refractivity contribution in [3.63, 3.8) is 0 Å². The van der Waals surface area contributed by atoms with Gasteiger partial charge in [0.15, 0.2) is 0 Å².